The lowest BCUT2D eigenvalue weighted by Crippen LogP contribution is -2.29. The number of nitrogens with zero attached hydrogens (tertiary/aromatic N) is 1. The Morgan fingerprint density at radius 1 is 0.909 bits per heavy atom. The van der Waals surface area contributed by atoms with E-state index in [4.69, 9.17) is 0 Å². The van der Waals surface area contributed by atoms with Gasteiger partial charge in [0.1, 0.15) is 5.75 Å². The van der Waals surface area contributed by atoms with Crippen molar-refractivity contribution in [1.29, 1.82) is 0 Å². The van der Waals surface area contributed by atoms with Crippen LogP contribution < -0.4 is 10.2 Å². The topological polar surface area (TPSA) is 83.6 Å². The Morgan fingerprint density at radius 3 is 2.33 bits per heavy atom. The molecular formula is C26H26N2O4S. The fourth-order valence-electron chi connectivity index (χ4n) is 4.07. The predicted octanol–water partition coefficient (Wildman–Crippen LogP) is 3.90. The second kappa shape index (κ2) is 10.0. The lowest BCUT2D eigenvalue weighted by Gasteiger charge is -2.24. The number of nitrogens with one attached hydrogen (secondary N) is 1. The molecule has 1 aliphatic rings. The number of rotatable bonds is 8. The standard InChI is InChI=1S/C26H26N2O4S/c29-24-19-33(31,32)26(28(24)23-15-5-2-6-16-23)22-14-9-13-21(18-22)25(30)27-17-8-7-12-20-10-3-1-4-11-20/h1-6,9-11,13-16,18,26H,7-8,12,17,19H2,(H,27,30). The number of anilines is 1. The molecule has 170 valence electrons. The minimum absolute atomic E-state index is 0.260. The van der Waals surface area contributed by atoms with Crippen LogP contribution in [-0.2, 0) is 21.1 Å². The minimum Gasteiger partial charge on any atom is -0.352 e. The van der Waals surface area contributed by atoms with Crippen LogP contribution in [0.2, 0.25) is 0 Å². The van der Waals surface area contributed by atoms with Gasteiger partial charge >= 0.3 is 0 Å². The molecule has 0 radical (unpaired) electrons. The van der Waals surface area contributed by atoms with Crippen molar-refractivity contribution >= 4 is 27.3 Å². The molecule has 1 unspecified atom stereocenters. The van der Waals surface area contributed by atoms with Crippen molar-refractivity contribution in [2.75, 3.05) is 17.2 Å². The van der Waals surface area contributed by atoms with Crippen molar-refractivity contribution in [3.63, 3.8) is 0 Å². The van der Waals surface area contributed by atoms with Crippen molar-refractivity contribution in [3.8, 4) is 0 Å². The van der Waals surface area contributed by atoms with Crippen LogP contribution >= 0.6 is 0 Å². The highest BCUT2D eigenvalue weighted by atomic mass is 32.2. The maximum Gasteiger partial charge on any atom is 0.251 e. The quantitative estimate of drug-likeness (QED) is 0.515. The number of hydrogen-bond donors (Lipinski definition) is 1. The summed E-state index contributed by atoms with van der Waals surface area (Å²) in [4.78, 5) is 26.5. The number of amides is 2. The van der Waals surface area contributed by atoms with Gasteiger partial charge in [-0.25, -0.2) is 8.42 Å². The molecule has 0 bridgehead atoms. The van der Waals surface area contributed by atoms with Crippen molar-refractivity contribution in [2.24, 2.45) is 0 Å². The molecule has 1 aliphatic heterocycles. The highest BCUT2D eigenvalue weighted by Crippen LogP contribution is 2.37. The Balaban J connectivity index is 1.44. The van der Waals surface area contributed by atoms with Crippen molar-refractivity contribution in [2.45, 2.75) is 24.6 Å². The highest BCUT2D eigenvalue weighted by Gasteiger charge is 2.45. The van der Waals surface area contributed by atoms with Crippen molar-refractivity contribution in [1.82, 2.24) is 5.32 Å². The molecule has 1 heterocycles. The van der Waals surface area contributed by atoms with Crippen LogP contribution in [0, 0.1) is 0 Å². The molecular weight excluding hydrogens is 436 g/mol. The van der Waals surface area contributed by atoms with Gasteiger partial charge in [0.05, 0.1) is 0 Å². The number of benzene rings is 3. The van der Waals surface area contributed by atoms with Gasteiger partial charge in [-0.2, -0.15) is 0 Å². The summed E-state index contributed by atoms with van der Waals surface area (Å²) in [6.07, 6.45) is 2.75. The number of sulfone groups is 1. The Morgan fingerprint density at radius 2 is 1.61 bits per heavy atom. The van der Waals surface area contributed by atoms with Gasteiger partial charge in [-0.05, 0) is 54.7 Å². The number of unbranched alkanes of at least 4 members (excludes halogenated alkanes) is 1. The van der Waals surface area contributed by atoms with Crippen molar-refractivity contribution < 1.29 is 18.0 Å². The number of para-hydroxylation sites is 1. The zero-order valence-corrected chi connectivity index (χ0v) is 19.0. The Bertz CT molecular complexity index is 1230. The third-order valence-electron chi connectivity index (χ3n) is 5.66. The SMILES string of the molecule is O=C(NCCCCc1ccccc1)c1cccc(C2N(c3ccccc3)C(=O)CS2(=O)=O)c1. The average Bonchev–Trinajstić information content (AvgIpc) is 3.08. The first-order valence-corrected chi connectivity index (χ1v) is 12.7. The maximum absolute atomic E-state index is 12.8. The molecule has 1 fully saturated rings. The van der Waals surface area contributed by atoms with E-state index in [1.807, 2.05) is 18.2 Å². The number of carbonyl (C=O) groups excluding carboxylic acids is 2. The van der Waals surface area contributed by atoms with Crippen LogP contribution in [0.3, 0.4) is 0 Å². The van der Waals surface area contributed by atoms with Crippen LogP contribution in [0.25, 0.3) is 0 Å². The third kappa shape index (κ3) is 5.31. The first-order chi connectivity index (χ1) is 16.0. The molecule has 7 heteroatoms. The summed E-state index contributed by atoms with van der Waals surface area (Å²) in [6.45, 7) is 0.534. The number of carbonyl (C=O) groups is 2. The number of aryl methyl sites for hydroxylation is 1. The Hall–Kier alpha value is -3.45. The Kier molecular flexibility index (Phi) is 6.89. The van der Waals surface area contributed by atoms with E-state index in [0.29, 0.717) is 23.4 Å². The molecule has 2 amide bonds. The summed E-state index contributed by atoms with van der Waals surface area (Å²) < 4.78 is 25.7. The second-order valence-corrected chi connectivity index (χ2v) is 10.1. The molecule has 6 nitrogen and oxygen atoms in total. The normalized spacial score (nSPS) is 17.2. The molecule has 4 rings (SSSR count). The molecule has 3 aromatic carbocycles. The summed E-state index contributed by atoms with van der Waals surface area (Å²) in [6, 6.07) is 25.4. The van der Waals surface area contributed by atoms with E-state index in [9.17, 15) is 18.0 Å². The third-order valence-corrected chi connectivity index (χ3v) is 7.47. The average molecular weight is 463 g/mol. The van der Waals surface area contributed by atoms with Crippen LogP contribution in [0.5, 0.6) is 0 Å². The van der Waals surface area contributed by atoms with Gasteiger partial charge in [0, 0.05) is 17.8 Å². The lowest BCUT2D eigenvalue weighted by molar-refractivity contribution is -0.115. The van der Waals surface area contributed by atoms with E-state index < -0.39 is 26.9 Å². The minimum atomic E-state index is -3.74. The highest BCUT2D eigenvalue weighted by molar-refractivity contribution is 7.93. The summed E-state index contributed by atoms with van der Waals surface area (Å²) in [5, 5.41) is 1.76. The molecule has 3 aromatic rings. The zero-order chi connectivity index (χ0) is 23.3. The van der Waals surface area contributed by atoms with Gasteiger partial charge in [0.25, 0.3) is 5.91 Å². The Labute approximate surface area is 194 Å². The first-order valence-electron chi connectivity index (χ1n) is 11.0. The molecule has 0 aliphatic carbocycles. The van der Waals surface area contributed by atoms with E-state index >= 15 is 0 Å². The summed E-state index contributed by atoms with van der Waals surface area (Å²) in [5.41, 5.74) is 2.56. The van der Waals surface area contributed by atoms with Crippen molar-refractivity contribution in [3.05, 3.63) is 102 Å². The van der Waals surface area contributed by atoms with Gasteiger partial charge in [0.15, 0.2) is 15.2 Å². The smallest absolute Gasteiger partial charge is 0.251 e. The summed E-state index contributed by atoms with van der Waals surface area (Å²) in [7, 11) is -3.74. The van der Waals surface area contributed by atoms with Gasteiger partial charge in [-0.15, -0.1) is 0 Å². The first kappa shape index (κ1) is 22.7. The van der Waals surface area contributed by atoms with E-state index in [1.165, 1.54) is 10.5 Å². The molecule has 1 saturated heterocycles. The van der Waals surface area contributed by atoms with Crippen LogP contribution in [-0.4, -0.2) is 32.5 Å². The molecule has 0 aromatic heterocycles. The van der Waals surface area contributed by atoms with Gasteiger partial charge in [-0.3, -0.25) is 14.5 Å². The largest absolute Gasteiger partial charge is 0.352 e. The molecule has 1 atom stereocenters. The monoisotopic (exact) mass is 462 g/mol. The summed E-state index contributed by atoms with van der Waals surface area (Å²) in [5.74, 6) is -1.28. The van der Waals surface area contributed by atoms with Crippen LogP contribution in [0.4, 0.5) is 5.69 Å². The van der Waals surface area contributed by atoms with E-state index in [1.54, 1.807) is 54.6 Å². The zero-order valence-electron chi connectivity index (χ0n) is 18.2. The maximum atomic E-state index is 12.8. The predicted molar refractivity (Wildman–Crippen MR) is 129 cm³/mol. The molecule has 0 spiro atoms. The fraction of sp³-hybridized carbons (Fsp3) is 0.231. The lowest BCUT2D eigenvalue weighted by atomic mass is 10.1. The van der Waals surface area contributed by atoms with Gasteiger partial charge in [0.2, 0.25) is 5.91 Å². The van der Waals surface area contributed by atoms with Gasteiger partial charge in [-0.1, -0.05) is 60.7 Å². The second-order valence-electron chi connectivity index (χ2n) is 8.08. The molecule has 1 N–H and O–H groups in total. The van der Waals surface area contributed by atoms with Gasteiger partial charge < -0.3 is 5.32 Å². The van der Waals surface area contributed by atoms with E-state index in [0.717, 1.165) is 19.3 Å². The number of hydrogen-bond acceptors (Lipinski definition) is 4. The molecule has 0 saturated carbocycles. The fourth-order valence-corrected chi connectivity index (χ4v) is 5.84. The molecule has 33 heavy (non-hydrogen) atoms. The van der Waals surface area contributed by atoms with E-state index in [2.05, 4.69) is 17.4 Å². The van der Waals surface area contributed by atoms with Crippen LogP contribution in [0.15, 0.2) is 84.9 Å². The summed E-state index contributed by atoms with van der Waals surface area (Å²) >= 11 is 0. The van der Waals surface area contributed by atoms with Crippen LogP contribution in [0.1, 0.15) is 39.7 Å². The van der Waals surface area contributed by atoms with E-state index in [-0.39, 0.29) is 5.91 Å².